The number of carbonyl (C=O) groups excluding carboxylic acids is 1. The van der Waals surface area contributed by atoms with E-state index in [2.05, 4.69) is 10.6 Å². The molecular formula is C18H18ClFN2O2. The standard InChI is InChI=1S/C18H18ClFN2O2/c19-15-4-2-1-3-14(15)17(12-5-7-13(20)8-6-12)22-18(23)16-11-21-9-10-24-16/h1-8,16-17,21H,9-11H2,(H,22,23). The zero-order chi connectivity index (χ0) is 16.9. The molecular weight excluding hydrogens is 331 g/mol. The second-order valence-corrected chi connectivity index (χ2v) is 5.99. The highest BCUT2D eigenvalue weighted by Gasteiger charge is 2.26. The van der Waals surface area contributed by atoms with E-state index < -0.39 is 12.1 Å². The van der Waals surface area contributed by atoms with Gasteiger partial charge in [0.25, 0.3) is 5.91 Å². The van der Waals surface area contributed by atoms with Crippen LogP contribution in [0.2, 0.25) is 5.02 Å². The third kappa shape index (κ3) is 3.93. The third-order valence-electron chi connectivity index (χ3n) is 3.93. The number of halogens is 2. The maximum Gasteiger partial charge on any atom is 0.251 e. The average Bonchev–Trinajstić information content (AvgIpc) is 2.62. The van der Waals surface area contributed by atoms with Crippen LogP contribution in [0.3, 0.4) is 0 Å². The fourth-order valence-electron chi connectivity index (χ4n) is 2.67. The maximum atomic E-state index is 13.2. The summed E-state index contributed by atoms with van der Waals surface area (Å²) < 4.78 is 18.7. The second kappa shape index (κ2) is 7.75. The van der Waals surface area contributed by atoms with Gasteiger partial charge in [-0.1, -0.05) is 41.9 Å². The van der Waals surface area contributed by atoms with Gasteiger partial charge in [-0.15, -0.1) is 0 Å². The van der Waals surface area contributed by atoms with E-state index >= 15 is 0 Å². The molecule has 2 atom stereocenters. The molecule has 126 valence electrons. The molecule has 2 N–H and O–H groups in total. The van der Waals surface area contributed by atoms with Gasteiger partial charge in [-0.05, 0) is 29.3 Å². The SMILES string of the molecule is O=C(NC(c1ccc(F)cc1)c1ccccc1Cl)C1CNCCO1. The monoisotopic (exact) mass is 348 g/mol. The Balaban J connectivity index is 1.88. The molecule has 0 radical (unpaired) electrons. The van der Waals surface area contributed by atoms with Crippen LogP contribution in [-0.2, 0) is 9.53 Å². The molecule has 6 heteroatoms. The fourth-order valence-corrected chi connectivity index (χ4v) is 2.92. The van der Waals surface area contributed by atoms with Crippen LogP contribution in [-0.4, -0.2) is 31.7 Å². The second-order valence-electron chi connectivity index (χ2n) is 5.58. The van der Waals surface area contributed by atoms with Gasteiger partial charge in [0.05, 0.1) is 12.6 Å². The number of carbonyl (C=O) groups is 1. The third-order valence-corrected chi connectivity index (χ3v) is 4.27. The molecule has 0 aliphatic carbocycles. The van der Waals surface area contributed by atoms with Crippen LogP contribution in [0.5, 0.6) is 0 Å². The Morgan fingerprint density at radius 1 is 1.25 bits per heavy atom. The first kappa shape index (κ1) is 16.9. The number of morpholine rings is 1. The van der Waals surface area contributed by atoms with Gasteiger partial charge < -0.3 is 15.4 Å². The number of hydrogen-bond acceptors (Lipinski definition) is 3. The number of ether oxygens (including phenoxy) is 1. The summed E-state index contributed by atoms with van der Waals surface area (Å²) in [7, 11) is 0. The molecule has 4 nitrogen and oxygen atoms in total. The average molecular weight is 349 g/mol. The molecule has 0 bridgehead atoms. The van der Waals surface area contributed by atoms with Crippen LogP contribution in [0.1, 0.15) is 17.2 Å². The number of rotatable bonds is 4. The minimum atomic E-state index is -0.552. The number of nitrogens with one attached hydrogen (secondary N) is 2. The summed E-state index contributed by atoms with van der Waals surface area (Å²) >= 11 is 6.30. The van der Waals surface area contributed by atoms with Crippen LogP contribution in [0.4, 0.5) is 4.39 Å². The van der Waals surface area contributed by atoms with Crippen LogP contribution in [0, 0.1) is 5.82 Å². The molecule has 2 aromatic carbocycles. The van der Waals surface area contributed by atoms with Gasteiger partial charge in [0, 0.05) is 18.1 Å². The van der Waals surface area contributed by atoms with E-state index in [1.807, 2.05) is 18.2 Å². The molecule has 1 heterocycles. The van der Waals surface area contributed by atoms with Crippen LogP contribution in [0.25, 0.3) is 0 Å². The summed E-state index contributed by atoms with van der Waals surface area (Å²) in [5.74, 6) is -0.556. The molecule has 1 fully saturated rings. The van der Waals surface area contributed by atoms with E-state index in [1.54, 1.807) is 18.2 Å². The summed E-state index contributed by atoms with van der Waals surface area (Å²) in [4.78, 5) is 12.5. The highest BCUT2D eigenvalue weighted by atomic mass is 35.5. The predicted octanol–water partition coefficient (Wildman–Crippen LogP) is 2.67. The molecule has 24 heavy (non-hydrogen) atoms. The van der Waals surface area contributed by atoms with Gasteiger partial charge in [0.15, 0.2) is 0 Å². The lowest BCUT2D eigenvalue weighted by atomic mass is 9.98. The van der Waals surface area contributed by atoms with E-state index in [1.165, 1.54) is 12.1 Å². The molecule has 1 saturated heterocycles. The van der Waals surface area contributed by atoms with Gasteiger partial charge in [0.2, 0.25) is 0 Å². The largest absolute Gasteiger partial charge is 0.366 e. The van der Waals surface area contributed by atoms with Crippen LogP contribution >= 0.6 is 11.6 Å². The molecule has 0 aromatic heterocycles. The van der Waals surface area contributed by atoms with Gasteiger partial charge in [-0.25, -0.2) is 4.39 Å². The van der Waals surface area contributed by atoms with Crippen LogP contribution in [0.15, 0.2) is 48.5 Å². The Morgan fingerprint density at radius 2 is 2.00 bits per heavy atom. The van der Waals surface area contributed by atoms with Crippen molar-refractivity contribution in [3.05, 3.63) is 70.5 Å². The van der Waals surface area contributed by atoms with E-state index in [-0.39, 0.29) is 11.7 Å². The zero-order valence-electron chi connectivity index (χ0n) is 13.0. The fraction of sp³-hybridized carbons (Fsp3) is 0.278. The van der Waals surface area contributed by atoms with Crippen molar-refractivity contribution >= 4 is 17.5 Å². The Labute approximate surface area is 145 Å². The molecule has 2 unspecified atom stereocenters. The quantitative estimate of drug-likeness (QED) is 0.893. The van der Waals surface area contributed by atoms with Crippen molar-refractivity contribution in [1.82, 2.24) is 10.6 Å². The Bertz CT molecular complexity index is 702. The number of hydrogen-bond donors (Lipinski definition) is 2. The first-order chi connectivity index (χ1) is 11.6. The maximum absolute atomic E-state index is 13.2. The van der Waals surface area contributed by atoms with Crippen LogP contribution < -0.4 is 10.6 Å². The molecule has 1 aliphatic heterocycles. The van der Waals surface area contributed by atoms with Crippen molar-refractivity contribution in [2.24, 2.45) is 0 Å². The van der Waals surface area contributed by atoms with E-state index in [0.29, 0.717) is 18.2 Å². The Morgan fingerprint density at radius 3 is 2.67 bits per heavy atom. The normalized spacial score (nSPS) is 18.8. The molecule has 2 aromatic rings. The van der Waals surface area contributed by atoms with Gasteiger partial charge >= 0.3 is 0 Å². The van der Waals surface area contributed by atoms with Crippen molar-refractivity contribution in [3.8, 4) is 0 Å². The number of benzene rings is 2. The number of amides is 1. The highest BCUT2D eigenvalue weighted by molar-refractivity contribution is 6.31. The first-order valence-corrected chi connectivity index (χ1v) is 8.15. The van der Waals surface area contributed by atoms with Gasteiger partial charge in [-0.2, -0.15) is 0 Å². The van der Waals surface area contributed by atoms with E-state index in [9.17, 15) is 9.18 Å². The topological polar surface area (TPSA) is 50.4 Å². The highest BCUT2D eigenvalue weighted by Crippen LogP contribution is 2.28. The van der Waals surface area contributed by atoms with E-state index in [0.717, 1.165) is 17.7 Å². The molecule has 0 spiro atoms. The van der Waals surface area contributed by atoms with Crippen molar-refractivity contribution in [3.63, 3.8) is 0 Å². The predicted molar refractivity (Wildman–Crippen MR) is 90.4 cm³/mol. The van der Waals surface area contributed by atoms with Crippen molar-refractivity contribution in [2.75, 3.05) is 19.7 Å². The smallest absolute Gasteiger partial charge is 0.251 e. The summed E-state index contributed by atoms with van der Waals surface area (Å²) in [6.45, 7) is 1.69. The molecule has 3 rings (SSSR count). The molecule has 0 saturated carbocycles. The molecule has 1 aliphatic rings. The lowest BCUT2D eigenvalue weighted by molar-refractivity contribution is -0.134. The lowest BCUT2D eigenvalue weighted by Gasteiger charge is -2.27. The zero-order valence-corrected chi connectivity index (χ0v) is 13.7. The minimum Gasteiger partial charge on any atom is -0.366 e. The summed E-state index contributed by atoms with van der Waals surface area (Å²) in [5, 5.41) is 6.63. The Kier molecular flexibility index (Phi) is 5.45. The first-order valence-electron chi connectivity index (χ1n) is 7.78. The van der Waals surface area contributed by atoms with Gasteiger partial charge in [-0.3, -0.25) is 4.79 Å². The summed E-state index contributed by atoms with van der Waals surface area (Å²) in [6, 6.07) is 12.8. The summed E-state index contributed by atoms with van der Waals surface area (Å²) in [6.07, 6.45) is -0.552. The lowest BCUT2D eigenvalue weighted by Crippen LogP contribution is -2.48. The minimum absolute atomic E-state index is 0.226. The molecule has 1 amide bonds. The summed E-state index contributed by atoms with van der Waals surface area (Å²) in [5.41, 5.74) is 1.50. The Hall–Kier alpha value is -1.95. The van der Waals surface area contributed by atoms with E-state index in [4.69, 9.17) is 16.3 Å². The van der Waals surface area contributed by atoms with Crippen molar-refractivity contribution in [1.29, 1.82) is 0 Å². The van der Waals surface area contributed by atoms with Gasteiger partial charge in [0.1, 0.15) is 11.9 Å². The van der Waals surface area contributed by atoms with Crippen molar-refractivity contribution in [2.45, 2.75) is 12.1 Å². The van der Waals surface area contributed by atoms with Crippen molar-refractivity contribution < 1.29 is 13.9 Å².